The summed E-state index contributed by atoms with van der Waals surface area (Å²) in [4.78, 5) is 0. The van der Waals surface area contributed by atoms with Crippen LogP contribution in [-0.4, -0.2) is 22.0 Å². The molecule has 1 heterocycles. The number of rotatable bonds is 6. The van der Waals surface area contributed by atoms with Crippen LogP contribution in [0.25, 0.3) is 0 Å². The number of alkyl halides is 3. The summed E-state index contributed by atoms with van der Waals surface area (Å²) < 4.78 is 38.6. The first kappa shape index (κ1) is 15.3. The number of nitrogens with one attached hydrogen (secondary N) is 1. The van der Waals surface area contributed by atoms with Gasteiger partial charge in [0.05, 0.1) is 11.7 Å². The molecule has 0 radical (unpaired) electrons. The lowest BCUT2D eigenvalue weighted by atomic mass is 10.1. The monoisotopic (exact) mass is 290 g/mol. The van der Waals surface area contributed by atoms with E-state index in [0.29, 0.717) is 12.5 Å². The van der Waals surface area contributed by atoms with E-state index in [1.807, 2.05) is 16.9 Å². The van der Waals surface area contributed by atoms with Gasteiger partial charge in [-0.05, 0) is 25.3 Å². The summed E-state index contributed by atoms with van der Waals surface area (Å²) in [5.41, 5.74) is 3.25. The van der Waals surface area contributed by atoms with Crippen molar-refractivity contribution in [2.24, 2.45) is 5.84 Å². The van der Waals surface area contributed by atoms with Crippen molar-refractivity contribution in [2.45, 2.75) is 63.2 Å². The molecule has 0 bridgehead atoms. The molecule has 2 rings (SSSR count). The van der Waals surface area contributed by atoms with E-state index in [2.05, 4.69) is 10.5 Å². The molecule has 4 nitrogen and oxygen atoms in total. The summed E-state index contributed by atoms with van der Waals surface area (Å²) in [7, 11) is 0. The summed E-state index contributed by atoms with van der Waals surface area (Å²) in [6.07, 6.45) is 2.05. The average molecular weight is 290 g/mol. The van der Waals surface area contributed by atoms with Crippen molar-refractivity contribution in [1.29, 1.82) is 0 Å². The Hall–Kier alpha value is -1.08. The van der Waals surface area contributed by atoms with Crippen molar-refractivity contribution in [2.75, 3.05) is 0 Å². The zero-order valence-corrected chi connectivity index (χ0v) is 11.4. The van der Waals surface area contributed by atoms with Gasteiger partial charge in [0.15, 0.2) is 0 Å². The molecule has 114 valence electrons. The summed E-state index contributed by atoms with van der Waals surface area (Å²) in [6.45, 7) is 0. The Balaban J connectivity index is 1.87. The lowest BCUT2D eigenvalue weighted by molar-refractivity contribution is -0.136. The van der Waals surface area contributed by atoms with Gasteiger partial charge in [0, 0.05) is 25.1 Å². The molecular weight excluding hydrogens is 269 g/mol. The number of aromatic nitrogens is 2. The van der Waals surface area contributed by atoms with E-state index in [4.69, 9.17) is 5.84 Å². The van der Waals surface area contributed by atoms with Crippen molar-refractivity contribution in [1.82, 2.24) is 15.2 Å². The maximum atomic E-state index is 12.2. The minimum atomic E-state index is -4.14. The zero-order chi connectivity index (χ0) is 14.6. The molecule has 0 spiro atoms. The lowest BCUT2D eigenvalue weighted by Gasteiger charge is -2.16. The Kier molecular flexibility index (Phi) is 5.04. The normalized spacial score (nSPS) is 18.6. The first-order valence-corrected chi connectivity index (χ1v) is 7.05. The van der Waals surface area contributed by atoms with E-state index in [0.717, 1.165) is 18.5 Å². The molecule has 1 unspecified atom stereocenters. The summed E-state index contributed by atoms with van der Waals surface area (Å²) in [5.74, 6) is 5.33. The molecule has 0 amide bonds. The maximum Gasteiger partial charge on any atom is 0.389 e. The predicted octanol–water partition coefficient (Wildman–Crippen LogP) is 2.72. The van der Waals surface area contributed by atoms with Crippen LogP contribution in [0.3, 0.4) is 0 Å². The first-order chi connectivity index (χ1) is 9.48. The van der Waals surface area contributed by atoms with E-state index in [1.54, 1.807) is 0 Å². The minimum Gasteiger partial charge on any atom is -0.271 e. The van der Waals surface area contributed by atoms with Gasteiger partial charge in [-0.1, -0.05) is 12.8 Å². The number of halogens is 3. The Bertz CT molecular complexity index is 410. The Morgan fingerprint density at radius 3 is 2.70 bits per heavy atom. The molecule has 1 saturated carbocycles. The quantitative estimate of drug-likeness (QED) is 0.625. The molecule has 3 N–H and O–H groups in total. The van der Waals surface area contributed by atoms with Gasteiger partial charge in [0.2, 0.25) is 0 Å². The first-order valence-electron chi connectivity index (χ1n) is 7.05. The molecule has 1 aliphatic rings. The van der Waals surface area contributed by atoms with E-state index >= 15 is 0 Å². The van der Waals surface area contributed by atoms with Gasteiger partial charge < -0.3 is 0 Å². The number of hydrogen-bond donors (Lipinski definition) is 2. The lowest BCUT2D eigenvalue weighted by Crippen LogP contribution is -2.37. The van der Waals surface area contributed by atoms with Crippen molar-refractivity contribution in [3.8, 4) is 0 Å². The van der Waals surface area contributed by atoms with Crippen LogP contribution in [0.5, 0.6) is 0 Å². The number of hydrazine groups is 1. The van der Waals surface area contributed by atoms with Crippen molar-refractivity contribution >= 4 is 0 Å². The maximum absolute atomic E-state index is 12.2. The standard InChI is InChI=1S/C13H21F3N4/c14-13(15,16)7-5-10(18-17)9-11-6-8-20(19-11)12-3-1-2-4-12/h6,8,10,12,18H,1-5,7,9,17H2. The van der Waals surface area contributed by atoms with Crippen LogP contribution in [0, 0.1) is 0 Å². The second-order valence-corrected chi connectivity index (χ2v) is 5.45. The number of nitrogens with two attached hydrogens (primary N) is 1. The van der Waals surface area contributed by atoms with Crippen LogP contribution in [0.15, 0.2) is 12.3 Å². The van der Waals surface area contributed by atoms with Gasteiger partial charge in [-0.2, -0.15) is 18.3 Å². The van der Waals surface area contributed by atoms with E-state index in [-0.39, 0.29) is 6.42 Å². The minimum absolute atomic E-state index is 0.0315. The molecule has 1 atom stereocenters. The van der Waals surface area contributed by atoms with Gasteiger partial charge in [0.1, 0.15) is 0 Å². The Morgan fingerprint density at radius 2 is 2.10 bits per heavy atom. The second kappa shape index (κ2) is 6.58. The summed E-state index contributed by atoms with van der Waals surface area (Å²) in [6, 6.07) is 1.92. The highest BCUT2D eigenvalue weighted by Crippen LogP contribution is 2.29. The van der Waals surface area contributed by atoms with Gasteiger partial charge in [-0.15, -0.1) is 0 Å². The highest BCUT2D eigenvalue weighted by atomic mass is 19.4. The van der Waals surface area contributed by atoms with Crippen molar-refractivity contribution in [3.63, 3.8) is 0 Å². The largest absolute Gasteiger partial charge is 0.389 e. The predicted molar refractivity (Wildman–Crippen MR) is 69.8 cm³/mol. The summed E-state index contributed by atoms with van der Waals surface area (Å²) >= 11 is 0. The molecule has 20 heavy (non-hydrogen) atoms. The molecule has 1 fully saturated rings. The van der Waals surface area contributed by atoms with Crippen LogP contribution in [0.1, 0.15) is 50.3 Å². The van der Waals surface area contributed by atoms with Gasteiger partial charge >= 0.3 is 6.18 Å². The van der Waals surface area contributed by atoms with E-state index in [1.165, 1.54) is 12.8 Å². The molecule has 0 saturated heterocycles. The molecular formula is C13H21F3N4. The third-order valence-corrected chi connectivity index (χ3v) is 3.83. The molecule has 0 aromatic carbocycles. The van der Waals surface area contributed by atoms with Crippen LogP contribution >= 0.6 is 0 Å². The topological polar surface area (TPSA) is 55.9 Å². The fraction of sp³-hybridized carbons (Fsp3) is 0.769. The molecule has 1 aromatic heterocycles. The Labute approximate surface area is 116 Å². The zero-order valence-electron chi connectivity index (χ0n) is 11.4. The van der Waals surface area contributed by atoms with E-state index < -0.39 is 18.6 Å². The Morgan fingerprint density at radius 1 is 1.40 bits per heavy atom. The number of nitrogens with zero attached hydrogens (tertiary/aromatic N) is 2. The fourth-order valence-electron chi connectivity index (χ4n) is 2.69. The van der Waals surface area contributed by atoms with Crippen LogP contribution in [0.4, 0.5) is 13.2 Å². The average Bonchev–Trinajstić information content (AvgIpc) is 3.03. The van der Waals surface area contributed by atoms with Crippen LogP contribution in [0.2, 0.25) is 0 Å². The molecule has 0 aliphatic heterocycles. The van der Waals surface area contributed by atoms with Gasteiger partial charge in [-0.25, -0.2) is 0 Å². The third kappa shape index (κ3) is 4.49. The van der Waals surface area contributed by atoms with Gasteiger partial charge in [-0.3, -0.25) is 16.0 Å². The van der Waals surface area contributed by atoms with Crippen molar-refractivity contribution < 1.29 is 13.2 Å². The van der Waals surface area contributed by atoms with E-state index in [9.17, 15) is 13.2 Å². The van der Waals surface area contributed by atoms with Crippen LogP contribution < -0.4 is 11.3 Å². The fourth-order valence-corrected chi connectivity index (χ4v) is 2.69. The second-order valence-electron chi connectivity index (χ2n) is 5.45. The van der Waals surface area contributed by atoms with Crippen LogP contribution in [-0.2, 0) is 6.42 Å². The van der Waals surface area contributed by atoms with Gasteiger partial charge in [0.25, 0.3) is 0 Å². The number of hydrogen-bond acceptors (Lipinski definition) is 3. The molecule has 1 aliphatic carbocycles. The summed E-state index contributed by atoms with van der Waals surface area (Å²) in [5, 5.41) is 4.46. The SMILES string of the molecule is NNC(CCC(F)(F)F)Cc1ccn(C2CCCC2)n1. The molecule has 1 aromatic rings. The highest BCUT2D eigenvalue weighted by Gasteiger charge is 2.28. The molecule has 7 heteroatoms. The van der Waals surface area contributed by atoms with Crippen molar-refractivity contribution in [3.05, 3.63) is 18.0 Å². The highest BCUT2D eigenvalue weighted by molar-refractivity contribution is 5.02. The smallest absolute Gasteiger partial charge is 0.271 e. The third-order valence-electron chi connectivity index (χ3n) is 3.83.